The van der Waals surface area contributed by atoms with Gasteiger partial charge in [0.1, 0.15) is 23.7 Å². The molecule has 0 atom stereocenters. The molecule has 2 heterocycles. The Morgan fingerprint density at radius 1 is 1.24 bits per heavy atom. The fraction of sp³-hybridized carbons (Fsp3) is 0.125. The molecular formula is C16H14N2O3. The number of fused-ring (bicyclic) bond motifs is 1. The number of aromatic carboxylic acids is 1. The van der Waals surface area contributed by atoms with Crippen molar-refractivity contribution >= 4 is 11.6 Å². The highest BCUT2D eigenvalue weighted by Crippen LogP contribution is 2.16. The third-order valence-corrected chi connectivity index (χ3v) is 3.23. The zero-order valence-corrected chi connectivity index (χ0v) is 11.5. The summed E-state index contributed by atoms with van der Waals surface area (Å²) in [7, 11) is 0. The van der Waals surface area contributed by atoms with E-state index in [1.165, 1.54) is 0 Å². The number of nitrogens with zero attached hydrogens (tertiary/aromatic N) is 2. The number of hydrogen-bond acceptors (Lipinski definition) is 3. The van der Waals surface area contributed by atoms with E-state index in [1.54, 1.807) is 28.8 Å². The molecule has 1 N–H and O–H groups in total. The summed E-state index contributed by atoms with van der Waals surface area (Å²) in [5, 5.41) is 9.25. The van der Waals surface area contributed by atoms with E-state index in [-0.39, 0.29) is 12.3 Å². The van der Waals surface area contributed by atoms with Crippen LogP contribution in [0, 0.1) is 6.92 Å². The molecule has 0 aliphatic heterocycles. The molecule has 0 fully saturated rings. The zero-order valence-electron chi connectivity index (χ0n) is 11.5. The monoisotopic (exact) mass is 282 g/mol. The number of imidazole rings is 1. The van der Waals surface area contributed by atoms with Crippen molar-refractivity contribution < 1.29 is 14.6 Å². The summed E-state index contributed by atoms with van der Waals surface area (Å²) in [6, 6.07) is 12.7. The fourth-order valence-electron chi connectivity index (χ4n) is 2.16. The van der Waals surface area contributed by atoms with Crippen molar-refractivity contribution in [3.8, 4) is 5.75 Å². The summed E-state index contributed by atoms with van der Waals surface area (Å²) in [6.07, 6.45) is 1.63. The Balaban J connectivity index is 1.90. The van der Waals surface area contributed by atoms with Crippen molar-refractivity contribution in [1.29, 1.82) is 0 Å². The van der Waals surface area contributed by atoms with E-state index in [1.807, 2.05) is 31.2 Å². The highest BCUT2D eigenvalue weighted by atomic mass is 16.5. The van der Waals surface area contributed by atoms with Gasteiger partial charge in [-0.15, -0.1) is 0 Å². The maximum Gasteiger partial charge on any atom is 0.352 e. The van der Waals surface area contributed by atoms with Crippen LogP contribution >= 0.6 is 0 Å². The average Bonchev–Trinajstić information content (AvgIpc) is 2.90. The van der Waals surface area contributed by atoms with Crippen LogP contribution in [0.5, 0.6) is 5.75 Å². The number of ether oxygens (including phenoxy) is 1. The van der Waals surface area contributed by atoms with E-state index in [2.05, 4.69) is 4.98 Å². The summed E-state index contributed by atoms with van der Waals surface area (Å²) in [5.41, 5.74) is 2.62. The number of rotatable bonds is 4. The topological polar surface area (TPSA) is 63.8 Å². The van der Waals surface area contributed by atoms with Gasteiger partial charge in [0.25, 0.3) is 0 Å². The van der Waals surface area contributed by atoms with Crippen LogP contribution in [0.2, 0.25) is 0 Å². The SMILES string of the molecule is Cc1ccc(OCc2cnc3cccc(C(=O)O)n23)cc1. The number of carboxylic acid groups (broad SMARTS) is 1. The van der Waals surface area contributed by atoms with Gasteiger partial charge in [-0.25, -0.2) is 9.78 Å². The van der Waals surface area contributed by atoms with Crippen LogP contribution < -0.4 is 4.74 Å². The number of aryl methyl sites for hydroxylation is 1. The van der Waals surface area contributed by atoms with Gasteiger partial charge in [0, 0.05) is 0 Å². The Hall–Kier alpha value is -2.82. The normalized spacial score (nSPS) is 10.7. The zero-order chi connectivity index (χ0) is 14.8. The summed E-state index contributed by atoms with van der Waals surface area (Å²) in [4.78, 5) is 15.5. The molecule has 0 spiro atoms. The van der Waals surface area contributed by atoms with Crippen LogP contribution in [0.15, 0.2) is 48.7 Å². The molecule has 0 saturated carbocycles. The quantitative estimate of drug-likeness (QED) is 0.799. The largest absolute Gasteiger partial charge is 0.487 e. The van der Waals surface area contributed by atoms with Crippen molar-refractivity contribution in [2.45, 2.75) is 13.5 Å². The molecule has 21 heavy (non-hydrogen) atoms. The molecule has 1 aromatic carbocycles. The minimum atomic E-state index is -0.991. The fourth-order valence-corrected chi connectivity index (χ4v) is 2.16. The van der Waals surface area contributed by atoms with Crippen molar-refractivity contribution in [2.75, 3.05) is 0 Å². The molecule has 3 rings (SSSR count). The van der Waals surface area contributed by atoms with Gasteiger partial charge < -0.3 is 9.84 Å². The summed E-state index contributed by atoms with van der Waals surface area (Å²) < 4.78 is 7.29. The lowest BCUT2D eigenvalue weighted by Gasteiger charge is -2.08. The van der Waals surface area contributed by atoms with Crippen molar-refractivity contribution in [3.63, 3.8) is 0 Å². The molecule has 0 amide bonds. The first-order valence-corrected chi connectivity index (χ1v) is 6.53. The van der Waals surface area contributed by atoms with Crippen LogP contribution in [0.3, 0.4) is 0 Å². The molecule has 0 saturated heterocycles. The van der Waals surface area contributed by atoms with E-state index in [0.717, 1.165) is 11.3 Å². The first-order valence-electron chi connectivity index (χ1n) is 6.53. The average molecular weight is 282 g/mol. The molecule has 0 aliphatic carbocycles. The lowest BCUT2D eigenvalue weighted by molar-refractivity contribution is 0.0688. The highest BCUT2D eigenvalue weighted by molar-refractivity contribution is 5.86. The Morgan fingerprint density at radius 2 is 2.00 bits per heavy atom. The highest BCUT2D eigenvalue weighted by Gasteiger charge is 2.12. The van der Waals surface area contributed by atoms with Crippen molar-refractivity contribution in [1.82, 2.24) is 9.38 Å². The van der Waals surface area contributed by atoms with E-state index >= 15 is 0 Å². The maximum absolute atomic E-state index is 11.3. The van der Waals surface area contributed by atoms with Crippen LogP contribution in [-0.4, -0.2) is 20.5 Å². The van der Waals surface area contributed by atoms with Crippen molar-refractivity contribution in [3.05, 3.63) is 65.6 Å². The second-order valence-electron chi connectivity index (χ2n) is 4.76. The number of aromatic nitrogens is 2. The molecule has 0 aliphatic rings. The second-order valence-corrected chi connectivity index (χ2v) is 4.76. The molecular weight excluding hydrogens is 268 g/mol. The molecule has 106 valence electrons. The number of hydrogen-bond donors (Lipinski definition) is 1. The molecule has 5 nitrogen and oxygen atoms in total. The number of benzene rings is 1. The summed E-state index contributed by atoms with van der Waals surface area (Å²) in [6.45, 7) is 2.27. The lowest BCUT2D eigenvalue weighted by Crippen LogP contribution is -2.08. The third kappa shape index (κ3) is 2.58. The van der Waals surface area contributed by atoms with E-state index in [9.17, 15) is 9.90 Å². The van der Waals surface area contributed by atoms with Crippen LogP contribution in [-0.2, 0) is 6.61 Å². The molecule has 0 bridgehead atoms. The molecule has 0 radical (unpaired) electrons. The lowest BCUT2D eigenvalue weighted by atomic mass is 10.2. The predicted octanol–water partition coefficient (Wildman–Crippen LogP) is 2.92. The number of carbonyl (C=O) groups is 1. The van der Waals surface area contributed by atoms with Gasteiger partial charge in [-0.2, -0.15) is 0 Å². The van der Waals surface area contributed by atoms with Gasteiger partial charge >= 0.3 is 5.97 Å². The molecule has 3 aromatic rings. The summed E-state index contributed by atoms with van der Waals surface area (Å²) in [5.74, 6) is -0.251. The molecule has 2 aromatic heterocycles. The van der Waals surface area contributed by atoms with Gasteiger partial charge in [0.05, 0.1) is 11.9 Å². The molecule has 5 heteroatoms. The predicted molar refractivity (Wildman–Crippen MR) is 77.7 cm³/mol. The van der Waals surface area contributed by atoms with E-state index in [4.69, 9.17) is 4.74 Å². The number of pyridine rings is 1. The number of carboxylic acids is 1. The second kappa shape index (κ2) is 5.28. The third-order valence-electron chi connectivity index (χ3n) is 3.23. The van der Waals surface area contributed by atoms with Gasteiger partial charge in [-0.05, 0) is 31.2 Å². The smallest absolute Gasteiger partial charge is 0.352 e. The maximum atomic E-state index is 11.3. The van der Waals surface area contributed by atoms with Gasteiger partial charge in [-0.1, -0.05) is 23.8 Å². The van der Waals surface area contributed by atoms with Gasteiger partial charge in [0.15, 0.2) is 0 Å². The first-order chi connectivity index (χ1) is 10.1. The summed E-state index contributed by atoms with van der Waals surface area (Å²) >= 11 is 0. The minimum absolute atomic E-state index is 0.174. The standard InChI is InChI=1S/C16H14N2O3/c1-11-5-7-13(8-6-11)21-10-12-9-17-15-4-2-3-14(16(19)20)18(12)15/h2-9H,10H2,1H3,(H,19,20). The van der Waals surface area contributed by atoms with Crippen LogP contribution in [0.4, 0.5) is 0 Å². The van der Waals surface area contributed by atoms with Gasteiger partial charge in [0.2, 0.25) is 0 Å². The van der Waals surface area contributed by atoms with Crippen LogP contribution in [0.25, 0.3) is 5.65 Å². The van der Waals surface area contributed by atoms with Crippen molar-refractivity contribution in [2.24, 2.45) is 0 Å². The Bertz CT molecular complexity index is 791. The minimum Gasteiger partial charge on any atom is -0.487 e. The molecule has 0 unspecified atom stereocenters. The van der Waals surface area contributed by atoms with E-state index in [0.29, 0.717) is 11.3 Å². The Morgan fingerprint density at radius 3 is 2.71 bits per heavy atom. The Labute approximate surface area is 121 Å². The van der Waals surface area contributed by atoms with E-state index < -0.39 is 5.97 Å². The first kappa shape index (κ1) is 13.2. The Kier molecular flexibility index (Phi) is 3.31. The van der Waals surface area contributed by atoms with Crippen LogP contribution in [0.1, 0.15) is 21.7 Å². The van der Waals surface area contributed by atoms with Gasteiger partial charge in [-0.3, -0.25) is 4.40 Å².